The van der Waals surface area contributed by atoms with Gasteiger partial charge in [0.1, 0.15) is 18.4 Å². The van der Waals surface area contributed by atoms with Gasteiger partial charge in [-0.15, -0.1) is 11.6 Å². The van der Waals surface area contributed by atoms with Crippen LogP contribution in [0.2, 0.25) is 0 Å². The van der Waals surface area contributed by atoms with Gasteiger partial charge < -0.3 is 10.1 Å². The fourth-order valence-corrected chi connectivity index (χ4v) is 3.19. The maximum atomic E-state index is 11.6. The first-order valence-electron chi connectivity index (χ1n) is 7.81. The zero-order chi connectivity index (χ0) is 18.0. The number of nitriles is 1. The average molecular weight is 357 g/mol. The molecule has 1 aromatic carbocycles. The molecular formula is C18H17ClN4O2. The zero-order valence-corrected chi connectivity index (χ0v) is 14.7. The number of hydrogen-bond acceptors (Lipinski definition) is 5. The van der Waals surface area contributed by atoms with Gasteiger partial charge in [0.05, 0.1) is 23.7 Å². The largest absolute Gasteiger partial charge is 0.468 e. The van der Waals surface area contributed by atoms with Crippen LogP contribution in [-0.2, 0) is 16.0 Å². The summed E-state index contributed by atoms with van der Waals surface area (Å²) in [6.45, 7) is 1.89. The zero-order valence-electron chi connectivity index (χ0n) is 14.0. The van der Waals surface area contributed by atoms with Crippen LogP contribution in [0.1, 0.15) is 16.7 Å². The lowest BCUT2D eigenvalue weighted by Crippen LogP contribution is -2.19. The second-order valence-electron chi connectivity index (χ2n) is 5.57. The van der Waals surface area contributed by atoms with Gasteiger partial charge in [-0.25, -0.2) is 4.98 Å². The minimum Gasteiger partial charge on any atom is -0.468 e. The lowest BCUT2D eigenvalue weighted by Gasteiger charge is -2.17. The molecule has 2 heterocycles. The van der Waals surface area contributed by atoms with Crippen LogP contribution in [0, 0.1) is 18.3 Å². The molecule has 0 spiro atoms. The highest BCUT2D eigenvalue weighted by molar-refractivity contribution is 6.18. The van der Waals surface area contributed by atoms with Gasteiger partial charge in [-0.2, -0.15) is 5.26 Å². The molecule has 0 aliphatic rings. The number of nitrogens with one attached hydrogen (secondary N) is 1. The van der Waals surface area contributed by atoms with E-state index in [1.165, 1.54) is 7.11 Å². The summed E-state index contributed by atoms with van der Waals surface area (Å²) in [6, 6.07) is 9.89. The first-order chi connectivity index (χ1) is 12.1. The van der Waals surface area contributed by atoms with Crippen LogP contribution >= 0.6 is 11.6 Å². The molecule has 6 nitrogen and oxygen atoms in total. The normalized spacial score (nSPS) is 10.8. The number of esters is 1. The second kappa shape index (κ2) is 6.99. The van der Waals surface area contributed by atoms with E-state index in [9.17, 15) is 10.1 Å². The number of nitrogens with zero attached hydrogens (tertiary/aromatic N) is 3. The third-order valence-electron chi connectivity index (χ3n) is 4.21. The number of ether oxygens (including phenoxy) is 1. The van der Waals surface area contributed by atoms with Crippen LogP contribution in [0.3, 0.4) is 0 Å². The third kappa shape index (κ3) is 2.87. The lowest BCUT2D eigenvalue weighted by molar-refractivity contribution is -0.138. The number of methoxy groups -OCH3 is 1. The highest BCUT2D eigenvalue weighted by Gasteiger charge is 2.20. The van der Waals surface area contributed by atoms with Crippen molar-refractivity contribution in [2.24, 2.45) is 0 Å². The van der Waals surface area contributed by atoms with Crippen molar-refractivity contribution in [3.05, 3.63) is 41.0 Å². The van der Waals surface area contributed by atoms with Crippen molar-refractivity contribution >= 4 is 40.1 Å². The van der Waals surface area contributed by atoms with Gasteiger partial charge in [-0.3, -0.25) is 9.20 Å². The maximum Gasteiger partial charge on any atom is 0.325 e. The van der Waals surface area contributed by atoms with E-state index in [1.807, 2.05) is 35.6 Å². The van der Waals surface area contributed by atoms with Gasteiger partial charge in [0.2, 0.25) is 0 Å². The van der Waals surface area contributed by atoms with E-state index in [-0.39, 0.29) is 12.5 Å². The smallest absolute Gasteiger partial charge is 0.325 e. The molecule has 0 fully saturated rings. The maximum absolute atomic E-state index is 11.6. The molecule has 0 amide bonds. The first-order valence-corrected chi connectivity index (χ1v) is 8.35. The van der Waals surface area contributed by atoms with Gasteiger partial charge in [0.25, 0.3) is 0 Å². The van der Waals surface area contributed by atoms with E-state index in [1.54, 1.807) is 0 Å². The molecule has 25 heavy (non-hydrogen) atoms. The summed E-state index contributed by atoms with van der Waals surface area (Å²) < 4.78 is 6.60. The Kier molecular flexibility index (Phi) is 4.77. The van der Waals surface area contributed by atoms with E-state index in [2.05, 4.69) is 16.4 Å². The number of aromatic nitrogens is 2. The lowest BCUT2D eigenvalue weighted by atomic mass is 10.0. The molecule has 2 aromatic heterocycles. The van der Waals surface area contributed by atoms with Crippen LogP contribution in [0.25, 0.3) is 16.7 Å². The van der Waals surface area contributed by atoms with Crippen LogP contribution in [0.4, 0.5) is 5.82 Å². The molecule has 0 aliphatic heterocycles. The Labute approximate surface area is 150 Å². The molecule has 0 saturated carbocycles. The number of carbonyl (C=O) groups is 1. The number of halogens is 1. The number of pyridine rings is 1. The predicted molar refractivity (Wildman–Crippen MR) is 97.1 cm³/mol. The number of rotatable bonds is 5. The quantitative estimate of drug-likeness (QED) is 0.561. The van der Waals surface area contributed by atoms with Crippen molar-refractivity contribution in [3.8, 4) is 6.07 Å². The monoisotopic (exact) mass is 356 g/mol. The molecule has 0 radical (unpaired) electrons. The molecule has 1 N–H and O–H groups in total. The molecule has 0 bridgehead atoms. The van der Waals surface area contributed by atoms with E-state index in [4.69, 9.17) is 16.3 Å². The van der Waals surface area contributed by atoms with Crippen molar-refractivity contribution in [3.63, 3.8) is 0 Å². The Morgan fingerprint density at radius 1 is 1.44 bits per heavy atom. The summed E-state index contributed by atoms with van der Waals surface area (Å²) in [5.74, 6) is 0.735. The number of fused-ring (bicyclic) bond motifs is 3. The van der Waals surface area contributed by atoms with Crippen molar-refractivity contribution in [2.45, 2.75) is 13.3 Å². The summed E-state index contributed by atoms with van der Waals surface area (Å²) in [6.07, 6.45) is 0.564. The topological polar surface area (TPSA) is 79.4 Å². The molecule has 3 aromatic rings. The van der Waals surface area contributed by atoms with E-state index >= 15 is 0 Å². The van der Waals surface area contributed by atoms with Crippen molar-refractivity contribution < 1.29 is 9.53 Å². The number of hydrogen-bond donors (Lipinski definition) is 1. The van der Waals surface area contributed by atoms with Crippen molar-refractivity contribution in [1.29, 1.82) is 5.26 Å². The molecule has 0 aliphatic carbocycles. The van der Waals surface area contributed by atoms with Gasteiger partial charge in [-0.05, 0) is 36.6 Å². The van der Waals surface area contributed by atoms with E-state index in [0.717, 1.165) is 22.2 Å². The molecule has 7 heteroatoms. The molecule has 0 unspecified atom stereocenters. The fraction of sp³-hybridized carbons (Fsp3) is 0.278. The average Bonchev–Trinajstić information content (AvgIpc) is 3.00. The van der Waals surface area contributed by atoms with Crippen LogP contribution < -0.4 is 5.32 Å². The molecule has 0 saturated heterocycles. The fourth-order valence-electron chi connectivity index (χ4n) is 3.00. The summed E-state index contributed by atoms with van der Waals surface area (Å²) in [4.78, 5) is 16.2. The van der Waals surface area contributed by atoms with E-state index in [0.29, 0.717) is 29.3 Å². The molecule has 3 rings (SSSR count). The highest BCUT2D eigenvalue weighted by atomic mass is 35.5. The summed E-state index contributed by atoms with van der Waals surface area (Å²) in [5, 5.41) is 12.8. The Bertz CT molecular complexity index is 1000. The Hall–Kier alpha value is -2.78. The summed E-state index contributed by atoms with van der Waals surface area (Å²) >= 11 is 5.98. The van der Waals surface area contributed by atoms with Crippen LogP contribution in [0.15, 0.2) is 24.3 Å². The van der Waals surface area contributed by atoms with Gasteiger partial charge >= 0.3 is 5.97 Å². The minimum atomic E-state index is -0.378. The number of alkyl halides is 1. The van der Waals surface area contributed by atoms with Gasteiger partial charge in [0, 0.05) is 5.88 Å². The number of benzene rings is 1. The standard InChI is InChI=1S/C18H17ClN4O2/c1-11-12(7-8-19)17(21-10-16(24)25-2)23-15-6-4-3-5-14(15)22-18(23)13(11)9-20/h3-6,21H,7-8,10H2,1-2H3. The van der Waals surface area contributed by atoms with Crippen LogP contribution in [0.5, 0.6) is 0 Å². The first kappa shape index (κ1) is 17.1. The third-order valence-corrected chi connectivity index (χ3v) is 4.39. The van der Waals surface area contributed by atoms with E-state index < -0.39 is 0 Å². The molecule has 128 valence electrons. The Balaban J connectivity index is 2.37. The Morgan fingerprint density at radius 2 is 2.20 bits per heavy atom. The second-order valence-corrected chi connectivity index (χ2v) is 5.95. The highest BCUT2D eigenvalue weighted by Crippen LogP contribution is 2.31. The van der Waals surface area contributed by atoms with Crippen molar-refractivity contribution in [2.75, 3.05) is 24.9 Å². The molecule has 0 atom stereocenters. The summed E-state index contributed by atoms with van der Waals surface area (Å²) in [5.41, 5.74) is 4.43. The Morgan fingerprint density at radius 3 is 2.88 bits per heavy atom. The number of carbonyl (C=O) groups excluding carboxylic acids is 1. The molecular weight excluding hydrogens is 340 g/mol. The summed E-state index contributed by atoms with van der Waals surface area (Å²) in [7, 11) is 1.34. The number of anilines is 1. The number of imidazole rings is 1. The number of para-hydroxylation sites is 2. The minimum absolute atomic E-state index is 0.0126. The predicted octanol–water partition coefficient (Wildman–Crippen LogP) is 3.03. The van der Waals surface area contributed by atoms with Gasteiger partial charge in [0.15, 0.2) is 5.65 Å². The van der Waals surface area contributed by atoms with Crippen molar-refractivity contribution in [1.82, 2.24) is 9.38 Å². The van der Waals surface area contributed by atoms with Crippen LogP contribution in [-0.4, -0.2) is 34.9 Å². The SMILES string of the molecule is COC(=O)CNc1c(CCCl)c(C)c(C#N)c2nc3ccccc3n12. The van der Waals surface area contributed by atoms with Gasteiger partial charge in [-0.1, -0.05) is 12.1 Å².